The van der Waals surface area contributed by atoms with Gasteiger partial charge in [0.25, 0.3) is 5.91 Å². The van der Waals surface area contributed by atoms with Gasteiger partial charge in [0.05, 0.1) is 38.6 Å². The first-order valence-corrected chi connectivity index (χ1v) is 10.7. The number of amides is 1. The van der Waals surface area contributed by atoms with Gasteiger partial charge in [0.2, 0.25) is 0 Å². The van der Waals surface area contributed by atoms with E-state index in [0.717, 1.165) is 42.4 Å². The molecule has 0 bridgehead atoms. The first kappa shape index (κ1) is 21.5. The number of hydrogen-bond donors (Lipinski definition) is 1. The van der Waals surface area contributed by atoms with E-state index in [1.165, 1.54) is 0 Å². The van der Waals surface area contributed by atoms with Crippen molar-refractivity contribution in [3.05, 3.63) is 82.1 Å². The molecule has 1 amide bonds. The molecular formula is C24H18ClF3N4O. The molecule has 0 atom stereocenters. The SMILES string of the molecule is Cc1nn(-c2ccccc2)c2nc(C3CC3)cc(C(=O)Nc3cc(C(F)(F)F)ccc3Cl)c12. The third-order valence-electron chi connectivity index (χ3n) is 5.62. The number of aromatic nitrogens is 3. The topological polar surface area (TPSA) is 59.8 Å². The molecule has 2 aromatic heterocycles. The van der Waals surface area contributed by atoms with E-state index in [1.54, 1.807) is 17.7 Å². The largest absolute Gasteiger partial charge is 0.416 e. The molecule has 0 unspecified atom stereocenters. The minimum Gasteiger partial charge on any atom is -0.321 e. The number of pyridine rings is 1. The summed E-state index contributed by atoms with van der Waals surface area (Å²) in [4.78, 5) is 18.1. The summed E-state index contributed by atoms with van der Waals surface area (Å²) in [5, 5.41) is 7.71. The third-order valence-corrected chi connectivity index (χ3v) is 5.95. The van der Waals surface area contributed by atoms with Crippen LogP contribution in [-0.2, 0) is 6.18 Å². The number of para-hydroxylation sites is 1. The number of carbonyl (C=O) groups excluding carboxylic acids is 1. The van der Waals surface area contributed by atoms with Crippen molar-refractivity contribution in [3.63, 3.8) is 0 Å². The van der Waals surface area contributed by atoms with Crippen molar-refractivity contribution in [1.29, 1.82) is 0 Å². The van der Waals surface area contributed by atoms with E-state index >= 15 is 0 Å². The van der Waals surface area contributed by atoms with Gasteiger partial charge in [-0.25, -0.2) is 9.67 Å². The van der Waals surface area contributed by atoms with Crippen LogP contribution in [0.25, 0.3) is 16.7 Å². The van der Waals surface area contributed by atoms with E-state index in [-0.39, 0.29) is 16.6 Å². The number of alkyl halides is 3. The highest BCUT2D eigenvalue weighted by molar-refractivity contribution is 6.34. The molecule has 1 aliphatic carbocycles. The lowest BCUT2D eigenvalue weighted by atomic mass is 10.1. The Morgan fingerprint density at radius 3 is 2.52 bits per heavy atom. The lowest BCUT2D eigenvalue weighted by Crippen LogP contribution is -2.15. The fourth-order valence-electron chi connectivity index (χ4n) is 3.81. The standard InChI is InChI=1S/C24H18ClF3N4O/c1-13-21-17(23(33)30-20-11-15(24(26,27)28)9-10-18(20)25)12-19(14-7-8-14)29-22(21)32(31-13)16-5-3-2-4-6-16/h2-6,9-12,14H,7-8H2,1H3,(H,30,33). The molecule has 0 spiro atoms. The van der Waals surface area contributed by atoms with E-state index in [1.807, 2.05) is 30.3 Å². The fraction of sp³-hybridized carbons (Fsp3) is 0.208. The van der Waals surface area contributed by atoms with Crippen molar-refractivity contribution in [3.8, 4) is 5.69 Å². The molecule has 0 saturated heterocycles. The second-order valence-electron chi connectivity index (χ2n) is 8.05. The van der Waals surface area contributed by atoms with Crippen molar-refractivity contribution >= 4 is 34.2 Å². The molecular weight excluding hydrogens is 453 g/mol. The number of rotatable bonds is 4. The summed E-state index contributed by atoms with van der Waals surface area (Å²) in [7, 11) is 0. The van der Waals surface area contributed by atoms with E-state index in [2.05, 4.69) is 10.4 Å². The average molecular weight is 471 g/mol. The Morgan fingerprint density at radius 1 is 1.12 bits per heavy atom. The zero-order valence-electron chi connectivity index (χ0n) is 17.4. The Balaban J connectivity index is 1.62. The third kappa shape index (κ3) is 4.06. The summed E-state index contributed by atoms with van der Waals surface area (Å²) < 4.78 is 41.2. The Bertz CT molecular complexity index is 1380. The molecule has 0 aliphatic heterocycles. The molecule has 1 N–H and O–H groups in total. The van der Waals surface area contributed by atoms with Gasteiger partial charge in [0.15, 0.2) is 5.65 Å². The van der Waals surface area contributed by atoms with Gasteiger partial charge in [0, 0.05) is 11.6 Å². The molecule has 168 valence electrons. The molecule has 5 rings (SSSR count). The van der Waals surface area contributed by atoms with Crippen LogP contribution in [0.2, 0.25) is 5.02 Å². The second-order valence-corrected chi connectivity index (χ2v) is 8.45. The van der Waals surface area contributed by atoms with Crippen LogP contribution >= 0.6 is 11.6 Å². The van der Waals surface area contributed by atoms with Gasteiger partial charge in [-0.3, -0.25) is 4.79 Å². The number of nitrogens with zero attached hydrogens (tertiary/aromatic N) is 3. The number of aryl methyl sites for hydroxylation is 1. The van der Waals surface area contributed by atoms with Crippen molar-refractivity contribution in [2.24, 2.45) is 0 Å². The van der Waals surface area contributed by atoms with Gasteiger partial charge in [-0.2, -0.15) is 18.3 Å². The predicted octanol–water partition coefficient (Wildman–Crippen LogP) is 6.53. The Kier molecular flexibility index (Phi) is 5.12. The van der Waals surface area contributed by atoms with Gasteiger partial charge in [-0.15, -0.1) is 0 Å². The number of halogens is 4. The zero-order valence-corrected chi connectivity index (χ0v) is 18.2. The van der Waals surface area contributed by atoms with Gasteiger partial charge < -0.3 is 5.32 Å². The van der Waals surface area contributed by atoms with Crippen molar-refractivity contribution < 1.29 is 18.0 Å². The van der Waals surface area contributed by atoms with Crippen LogP contribution in [0.5, 0.6) is 0 Å². The summed E-state index contributed by atoms with van der Waals surface area (Å²) in [5.74, 6) is -0.321. The van der Waals surface area contributed by atoms with E-state index in [0.29, 0.717) is 22.3 Å². The second kappa shape index (κ2) is 7.88. The van der Waals surface area contributed by atoms with Crippen LogP contribution in [0.4, 0.5) is 18.9 Å². The first-order chi connectivity index (χ1) is 15.7. The van der Waals surface area contributed by atoms with Crippen LogP contribution in [0, 0.1) is 6.92 Å². The molecule has 0 radical (unpaired) electrons. The lowest BCUT2D eigenvalue weighted by Gasteiger charge is -2.13. The van der Waals surface area contributed by atoms with E-state index < -0.39 is 17.6 Å². The highest BCUT2D eigenvalue weighted by Crippen LogP contribution is 2.41. The number of anilines is 1. The normalized spacial score (nSPS) is 14.0. The summed E-state index contributed by atoms with van der Waals surface area (Å²) in [6.07, 6.45) is -2.62. The number of hydrogen-bond acceptors (Lipinski definition) is 3. The molecule has 5 nitrogen and oxygen atoms in total. The molecule has 2 aromatic carbocycles. The molecule has 1 aliphatic rings. The highest BCUT2D eigenvalue weighted by atomic mass is 35.5. The van der Waals surface area contributed by atoms with Crippen LogP contribution in [0.15, 0.2) is 54.6 Å². The van der Waals surface area contributed by atoms with Crippen molar-refractivity contribution in [2.75, 3.05) is 5.32 Å². The van der Waals surface area contributed by atoms with Crippen molar-refractivity contribution in [1.82, 2.24) is 14.8 Å². The minimum atomic E-state index is -4.56. The van der Waals surface area contributed by atoms with Gasteiger partial charge in [0.1, 0.15) is 0 Å². The number of benzene rings is 2. The smallest absolute Gasteiger partial charge is 0.321 e. The highest BCUT2D eigenvalue weighted by Gasteiger charge is 2.32. The number of nitrogens with one attached hydrogen (secondary N) is 1. The predicted molar refractivity (Wildman–Crippen MR) is 120 cm³/mol. The molecule has 2 heterocycles. The van der Waals surface area contributed by atoms with Crippen LogP contribution in [0.3, 0.4) is 0 Å². The summed E-state index contributed by atoms with van der Waals surface area (Å²) >= 11 is 6.09. The van der Waals surface area contributed by atoms with Gasteiger partial charge in [-0.1, -0.05) is 29.8 Å². The lowest BCUT2D eigenvalue weighted by molar-refractivity contribution is -0.137. The number of fused-ring (bicyclic) bond motifs is 1. The Hall–Kier alpha value is -3.39. The summed E-state index contributed by atoms with van der Waals surface area (Å²) in [6.45, 7) is 1.77. The Morgan fingerprint density at radius 2 is 1.85 bits per heavy atom. The quantitative estimate of drug-likeness (QED) is 0.369. The first-order valence-electron chi connectivity index (χ1n) is 10.4. The zero-order chi connectivity index (χ0) is 23.3. The van der Waals surface area contributed by atoms with Gasteiger partial charge in [-0.05, 0) is 56.2 Å². The molecule has 4 aromatic rings. The van der Waals surface area contributed by atoms with Crippen LogP contribution < -0.4 is 5.32 Å². The summed E-state index contributed by atoms with van der Waals surface area (Å²) in [5.41, 5.74) is 1.97. The van der Waals surface area contributed by atoms with E-state index in [9.17, 15) is 18.0 Å². The van der Waals surface area contributed by atoms with Crippen LogP contribution in [0.1, 0.15) is 46.1 Å². The Labute approximate surface area is 192 Å². The molecule has 1 fully saturated rings. The monoisotopic (exact) mass is 470 g/mol. The van der Waals surface area contributed by atoms with Crippen molar-refractivity contribution in [2.45, 2.75) is 31.9 Å². The van der Waals surface area contributed by atoms with Gasteiger partial charge >= 0.3 is 6.18 Å². The average Bonchev–Trinajstić information content (AvgIpc) is 3.58. The molecule has 9 heteroatoms. The maximum atomic E-state index is 13.3. The number of carbonyl (C=O) groups is 1. The van der Waals surface area contributed by atoms with E-state index in [4.69, 9.17) is 16.6 Å². The fourth-order valence-corrected chi connectivity index (χ4v) is 3.98. The molecule has 33 heavy (non-hydrogen) atoms. The van der Waals surface area contributed by atoms with Crippen LogP contribution in [-0.4, -0.2) is 20.7 Å². The maximum Gasteiger partial charge on any atom is 0.416 e. The minimum absolute atomic E-state index is 0.0146. The maximum absolute atomic E-state index is 13.3. The molecule has 1 saturated carbocycles. The summed E-state index contributed by atoms with van der Waals surface area (Å²) in [6, 6.07) is 14.0.